The summed E-state index contributed by atoms with van der Waals surface area (Å²) < 4.78 is 37.5. The molecular weight excluding hydrogens is 265 g/mol. The highest BCUT2D eigenvalue weighted by Crippen LogP contribution is 2.37. The molecule has 1 aromatic rings. The monoisotopic (exact) mass is 284 g/mol. The zero-order valence-corrected chi connectivity index (χ0v) is 11.6. The van der Waals surface area contributed by atoms with Crippen LogP contribution in [-0.2, 0) is 6.18 Å². The molecule has 0 spiro atoms. The van der Waals surface area contributed by atoms with E-state index in [0.717, 1.165) is 25.0 Å². The van der Waals surface area contributed by atoms with Crippen molar-refractivity contribution in [2.24, 2.45) is 11.8 Å². The average molecular weight is 284 g/mol. The first-order chi connectivity index (χ1) is 9.27. The van der Waals surface area contributed by atoms with E-state index in [0.29, 0.717) is 11.5 Å². The van der Waals surface area contributed by atoms with Crippen molar-refractivity contribution < 1.29 is 18.3 Å². The summed E-state index contributed by atoms with van der Waals surface area (Å²) in [5.74, 6) is 0.476. The third-order valence-electron chi connectivity index (χ3n) is 3.85. The summed E-state index contributed by atoms with van der Waals surface area (Å²) in [4.78, 5) is 0. The molecule has 3 atom stereocenters. The molecule has 1 aromatic carbocycles. The highest BCUT2D eigenvalue weighted by atomic mass is 19.4. The molecule has 0 radical (unpaired) electrons. The van der Waals surface area contributed by atoms with E-state index in [4.69, 9.17) is 0 Å². The second kappa shape index (κ2) is 5.60. The summed E-state index contributed by atoms with van der Waals surface area (Å²) in [6.07, 6.45) is -1.19. The number of halogens is 3. The van der Waals surface area contributed by atoms with Gasteiger partial charge in [0.15, 0.2) is 0 Å². The molecule has 0 bridgehead atoms. The van der Waals surface area contributed by atoms with Crippen molar-refractivity contribution in [3.8, 4) is 0 Å². The van der Waals surface area contributed by atoms with Crippen LogP contribution in [0.3, 0.4) is 0 Å². The minimum absolute atomic E-state index is 0.0757. The normalized spacial score (nSPS) is 25.2. The summed E-state index contributed by atoms with van der Waals surface area (Å²) in [6, 6.07) is 4.83. The van der Waals surface area contributed by atoms with E-state index in [-0.39, 0.29) is 5.92 Å². The second-order valence-electron chi connectivity index (χ2n) is 5.75. The molecule has 20 heavy (non-hydrogen) atoms. The van der Waals surface area contributed by atoms with Gasteiger partial charge in [0.2, 0.25) is 0 Å². The van der Waals surface area contributed by atoms with Crippen molar-refractivity contribution in [3.05, 3.63) is 47.0 Å². The number of hydrogen-bond acceptors (Lipinski definition) is 1. The second-order valence-corrected chi connectivity index (χ2v) is 5.75. The van der Waals surface area contributed by atoms with Crippen LogP contribution in [0.25, 0.3) is 0 Å². The van der Waals surface area contributed by atoms with Crippen LogP contribution >= 0.6 is 0 Å². The number of aliphatic hydroxyl groups is 1. The molecule has 0 aliphatic heterocycles. The summed E-state index contributed by atoms with van der Waals surface area (Å²) in [5, 5.41) is 10.4. The van der Waals surface area contributed by atoms with Gasteiger partial charge >= 0.3 is 6.18 Å². The lowest BCUT2D eigenvalue weighted by atomic mass is 9.79. The maximum Gasteiger partial charge on any atom is 0.416 e. The molecule has 0 amide bonds. The number of hydrogen-bond donors (Lipinski definition) is 1. The maximum absolute atomic E-state index is 12.5. The Morgan fingerprint density at radius 3 is 2.30 bits per heavy atom. The molecule has 0 heterocycles. The molecule has 0 saturated carbocycles. The fourth-order valence-corrected chi connectivity index (χ4v) is 2.98. The van der Waals surface area contributed by atoms with Crippen LogP contribution in [0.5, 0.6) is 0 Å². The Kier molecular flexibility index (Phi) is 4.23. The van der Waals surface area contributed by atoms with Gasteiger partial charge < -0.3 is 5.11 Å². The topological polar surface area (TPSA) is 20.2 Å². The van der Waals surface area contributed by atoms with Gasteiger partial charge in [0.1, 0.15) is 0 Å². The Labute approximate surface area is 117 Å². The lowest BCUT2D eigenvalue weighted by Gasteiger charge is -2.29. The van der Waals surface area contributed by atoms with E-state index in [1.54, 1.807) is 0 Å². The smallest absolute Gasteiger partial charge is 0.388 e. The largest absolute Gasteiger partial charge is 0.416 e. The van der Waals surface area contributed by atoms with Crippen LogP contribution in [0.1, 0.15) is 43.9 Å². The molecule has 2 rings (SSSR count). The van der Waals surface area contributed by atoms with Gasteiger partial charge in [-0.3, -0.25) is 0 Å². The number of alkyl halides is 3. The lowest BCUT2D eigenvalue weighted by molar-refractivity contribution is -0.137. The molecule has 1 N–H and O–H groups in total. The molecule has 0 aromatic heterocycles. The predicted molar refractivity (Wildman–Crippen MR) is 72.0 cm³/mol. The van der Waals surface area contributed by atoms with Crippen molar-refractivity contribution in [2.75, 3.05) is 0 Å². The molecule has 0 fully saturated rings. The number of rotatable bonds is 2. The van der Waals surface area contributed by atoms with Gasteiger partial charge in [-0.05, 0) is 49.3 Å². The Morgan fingerprint density at radius 1 is 1.20 bits per heavy atom. The highest BCUT2D eigenvalue weighted by Gasteiger charge is 2.31. The first-order valence-electron chi connectivity index (χ1n) is 6.80. The van der Waals surface area contributed by atoms with Crippen LogP contribution in [0.4, 0.5) is 13.2 Å². The summed E-state index contributed by atoms with van der Waals surface area (Å²) in [7, 11) is 0. The zero-order chi connectivity index (χ0) is 14.9. The van der Waals surface area contributed by atoms with Crippen LogP contribution in [0, 0.1) is 11.8 Å². The molecule has 0 saturated heterocycles. The van der Waals surface area contributed by atoms with Crippen LogP contribution < -0.4 is 0 Å². The predicted octanol–water partition coefficient (Wildman–Crippen LogP) is 4.73. The lowest BCUT2D eigenvalue weighted by Crippen LogP contribution is -2.19. The van der Waals surface area contributed by atoms with Gasteiger partial charge in [0.25, 0.3) is 0 Å². The number of benzene rings is 1. The number of aliphatic hydroxyl groups excluding tert-OH is 1. The van der Waals surface area contributed by atoms with Crippen LogP contribution in [0.2, 0.25) is 0 Å². The summed E-state index contributed by atoms with van der Waals surface area (Å²) >= 11 is 0. The maximum atomic E-state index is 12.5. The summed E-state index contributed by atoms with van der Waals surface area (Å²) in [6.45, 7) is 4.12. The van der Waals surface area contributed by atoms with E-state index in [2.05, 4.69) is 13.0 Å². The highest BCUT2D eigenvalue weighted by molar-refractivity contribution is 5.27. The Bertz CT molecular complexity index is 487. The average Bonchev–Trinajstić information content (AvgIpc) is 2.36. The standard InChI is InChI=1S/C16H19F3O/c1-10-7-11(2)9-13(8-10)15(20)12-3-5-14(6-4-12)16(17,18)19/h3-7,10,13,15,20H,8-9H2,1-2H3. The summed E-state index contributed by atoms with van der Waals surface area (Å²) in [5.41, 5.74) is 1.12. The van der Waals surface area contributed by atoms with Crippen molar-refractivity contribution in [2.45, 2.75) is 39.0 Å². The van der Waals surface area contributed by atoms with Crippen molar-refractivity contribution in [3.63, 3.8) is 0 Å². The Morgan fingerprint density at radius 2 is 1.80 bits per heavy atom. The van der Waals surface area contributed by atoms with E-state index < -0.39 is 17.8 Å². The van der Waals surface area contributed by atoms with Gasteiger partial charge in [-0.25, -0.2) is 0 Å². The molecule has 1 nitrogen and oxygen atoms in total. The fraction of sp³-hybridized carbons (Fsp3) is 0.500. The van der Waals surface area contributed by atoms with Crippen LogP contribution in [0.15, 0.2) is 35.9 Å². The van der Waals surface area contributed by atoms with Gasteiger partial charge in [0, 0.05) is 0 Å². The minimum Gasteiger partial charge on any atom is -0.388 e. The molecule has 1 aliphatic carbocycles. The van der Waals surface area contributed by atoms with E-state index in [9.17, 15) is 18.3 Å². The SMILES string of the molecule is CC1=CC(C)CC(C(O)c2ccc(C(F)(F)F)cc2)C1. The van der Waals surface area contributed by atoms with Crippen molar-refractivity contribution in [1.82, 2.24) is 0 Å². The molecule has 1 aliphatic rings. The molecular formula is C16H19F3O. The van der Waals surface area contributed by atoms with Gasteiger partial charge in [-0.1, -0.05) is 30.7 Å². The van der Waals surface area contributed by atoms with Gasteiger partial charge in [0.05, 0.1) is 11.7 Å². The van der Waals surface area contributed by atoms with Crippen molar-refractivity contribution in [1.29, 1.82) is 0 Å². The first-order valence-corrected chi connectivity index (χ1v) is 6.80. The fourth-order valence-electron chi connectivity index (χ4n) is 2.98. The molecule has 3 unspecified atom stereocenters. The first kappa shape index (κ1) is 15.1. The van der Waals surface area contributed by atoms with E-state index in [1.807, 2.05) is 6.92 Å². The van der Waals surface area contributed by atoms with Gasteiger partial charge in [-0.2, -0.15) is 13.2 Å². The zero-order valence-electron chi connectivity index (χ0n) is 11.6. The minimum atomic E-state index is -4.33. The van der Waals surface area contributed by atoms with Crippen LogP contribution in [-0.4, -0.2) is 5.11 Å². The van der Waals surface area contributed by atoms with E-state index in [1.165, 1.54) is 17.7 Å². The molecule has 110 valence electrons. The Hall–Kier alpha value is -1.29. The third-order valence-corrected chi connectivity index (χ3v) is 3.85. The van der Waals surface area contributed by atoms with Gasteiger partial charge in [-0.15, -0.1) is 0 Å². The molecule has 4 heteroatoms. The van der Waals surface area contributed by atoms with E-state index >= 15 is 0 Å². The Balaban J connectivity index is 2.14. The third kappa shape index (κ3) is 3.42. The quantitative estimate of drug-likeness (QED) is 0.778. The van der Waals surface area contributed by atoms with Crippen molar-refractivity contribution >= 4 is 0 Å². The number of allylic oxidation sites excluding steroid dienone is 2.